The second-order valence-electron chi connectivity index (χ2n) is 3.00. The third kappa shape index (κ3) is 1.39. The number of halogens is 2. The van der Waals surface area contributed by atoms with Crippen LogP contribution in [0.5, 0.6) is 0 Å². The maximum atomic E-state index is 13.3. The van der Waals surface area contributed by atoms with E-state index in [0.29, 0.717) is 0 Å². The monoisotopic (exact) mass is 194 g/mol. The summed E-state index contributed by atoms with van der Waals surface area (Å²) in [5.41, 5.74) is 0.930. The van der Waals surface area contributed by atoms with Gasteiger partial charge in [-0.3, -0.25) is 0 Å². The van der Waals surface area contributed by atoms with Crippen molar-refractivity contribution in [1.29, 1.82) is 0 Å². The summed E-state index contributed by atoms with van der Waals surface area (Å²) >= 11 is 0. The summed E-state index contributed by atoms with van der Waals surface area (Å²) in [6.07, 6.45) is 3.09. The molecule has 0 amide bonds. The van der Waals surface area contributed by atoms with Gasteiger partial charge in [0.05, 0.1) is 17.7 Å². The average Bonchev–Trinajstić information content (AvgIpc) is 2.57. The molecule has 4 heteroatoms. The van der Waals surface area contributed by atoms with Crippen molar-refractivity contribution < 1.29 is 8.78 Å². The van der Waals surface area contributed by atoms with Crippen LogP contribution < -0.4 is 0 Å². The minimum Gasteiger partial charge on any atom is -0.303 e. The molecule has 0 spiro atoms. The molecule has 2 rings (SSSR count). The first-order valence-corrected chi connectivity index (χ1v) is 4.13. The van der Waals surface area contributed by atoms with Crippen LogP contribution in [0.3, 0.4) is 0 Å². The lowest BCUT2D eigenvalue weighted by atomic mass is 10.3. The van der Waals surface area contributed by atoms with Crippen LogP contribution >= 0.6 is 0 Å². The highest BCUT2D eigenvalue weighted by molar-refractivity contribution is 5.34. The van der Waals surface area contributed by atoms with Gasteiger partial charge in [-0.25, -0.2) is 13.8 Å². The van der Waals surface area contributed by atoms with Crippen molar-refractivity contribution in [3.8, 4) is 5.69 Å². The third-order valence-corrected chi connectivity index (χ3v) is 1.92. The highest BCUT2D eigenvalue weighted by Gasteiger charge is 2.08. The Morgan fingerprint density at radius 1 is 1.29 bits per heavy atom. The van der Waals surface area contributed by atoms with Gasteiger partial charge in [0.1, 0.15) is 0 Å². The van der Waals surface area contributed by atoms with E-state index < -0.39 is 11.6 Å². The topological polar surface area (TPSA) is 17.8 Å². The Bertz CT molecular complexity index is 463. The highest BCUT2D eigenvalue weighted by Crippen LogP contribution is 2.15. The molecule has 72 valence electrons. The van der Waals surface area contributed by atoms with E-state index in [1.54, 1.807) is 13.1 Å². The first-order chi connectivity index (χ1) is 6.68. The molecule has 0 aliphatic rings. The number of hydrogen-bond acceptors (Lipinski definition) is 1. The van der Waals surface area contributed by atoms with E-state index in [-0.39, 0.29) is 5.69 Å². The van der Waals surface area contributed by atoms with Crippen LogP contribution in [-0.2, 0) is 0 Å². The first kappa shape index (κ1) is 8.87. The number of rotatable bonds is 1. The number of hydrogen-bond donors (Lipinski definition) is 0. The lowest BCUT2D eigenvalue weighted by molar-refractivity contribution is 0.504. The Morgan fingerprint density at radius 3 is 2.71 bits per heavy atom. The Morgan fingerprint density at radius 2 is 2.07 bits per heavy atom. The summed E-state index contributed by atoms with van der Waals surface area (Å²) in [5, 5.41) is 0. The zero-order valence-corrected chi connectivity index (χ0v) is 7.54. The summed E-state index contributed by atoms with van der Waals surface area (Å²) in [7, 11) is 0. The maximum absolute atomic E-state index is 13.3. The highest BCUT2D eigenvalue weighted by atomic mass is 19.2. The molecule has 1 heterocycles. The predicted molar refractivity (Wildman–Crippen MR) is 48.2 cm³/mol. The van der Waals surface area contributed by atoms with Gasteiger partial charge in [-0.15, -0.1) is 0 Å². The fourth-order valence-corrected chi connectivity index (χ4v) is 1.24. The Kier molecular flexibility index (Phi) is 2.04. The fraction of sp³-hybridized carbons (Fsp3) is 0.100. The van der Waals surface area contributed by atoms with Crippen LogP contribution in [0.15, 0.2) is 30.7 Å². The van der Waals surface area contributed by atoms with Gasteiger partial charge in [-0.05, 0) is 19.1 Å². The molecule has 0 atom stereocenters. The van der Waals surface area contributed by atoms with E-state index in [1.807, 2.05) is 0 Å². The molecule has 0 aliphatic carbocycles. The molecule has 1 aromatic carbocycles. The summed E-state index contributed by atoms with van der Waals surface area (Å²) in [4.78, 5) is 3.94. The first-order valence-electron chi connectivity index (χ1n) is 4.13. The van der Waals surface area contributed by atoms with Crippen LogP contribution in [0.4, 0.5) is 8.78 Å². The maximum Gasteiger partial charge on any atom is 0.182 e. The van der Waals surface area contributed by atoms with Crippen LogP contribution in [-0.4, -0.2) is 9.55 Å². The molecule has 1 aromatic heterocycles. The molecule has 2 nitrogen and oxygen atoms in total. The van der Waals surface area contributed by atoms with Gasteiger partial charge in [-0.2, -0.15) is 0 Å². The molecule has 0 fully saturated rings. The molecule has 0 bridgehead atoms. The number of nitrogens with zero attached hydrogens (tertiary/aromatic N) is 2. The Hall–Kier alpha value is -1.71. The second-order valence-corrected chi connectivity index (χ2v) is 3.00. The number of imidazole rings is 1. The molecule has 0 unspecified atom stereocenters. The van der Waals surface area contributed by atoms with E-state index in [4.69, 9.17) is 0 Å². The van der Waals surface area contributed by atoms with E-state index in [2.05, 4.69) is 4.98 Å². The van der Waals surface area contributed by atoms with Crippen molar-refractivity contribution in [3.63, 3.8) is 0 Å². The zero-order chi connectivity index (χ0) is 10.1. The third-order valence-electron chi connectivity index (χ3n) is 1.92. The van der Waals surface area contributed by atoms with Crippen molar-refractivity contribution in [2.24, 2.45) is 0 Å². The molecule has 0 saturated heterocycles. The normalized spacial score (nSPS) is 10.5. The molecular weight excluding hydrogens is 186 g/mol. The van der Waals surface area contributed by atoms with Gasteiger partial charge >= 0.3 is 0 Å². The van der Waals surface area contributed by atoms with Crippen molar-refractivity contribution in [2.45, 2.75) is 6.92 Å². The van der Waals surface area contributed by atoms with Crippen molar-refractivity contribution in [2.75, 3.05) is 0 Å². The van der Waals surface area contributed by atoms with Crippen LogP contribution in [0.25, 0.3) is 5.69 Å². The zero-order valence-electron chi connectivity index (χ0n) is 7.54. The lowest BCUT2D eigenvalue weighted by Crippen LogP contribution is -1.96. The van der Waals surface area contributed by atoms with Crippen molar-refractivity contribution >= 4 is 0 Å². The number of aromatic nitrogens is 2. The second kappa shape index (κ2) is 3.21. The fourth-order valence-electron chi connectivity index (χ4n) is 1.24. The van der Waals surface area contributed by atoms with Gasteiger partial charge in [0.15, 0.2) is 11.6 Å². The molecular formula is C10H8F2N2. The van der Waals surface area contributed by atoms with Gasteiger partial charge in [-0.1, -0.05) is 6.07 Å². The Labute approximate surface area is 79.8 Å². The molecule has 2 aromatic rings. The van der Waals surface area contributed by atoms with Gasteiger partial charge in [0.25, 0.3) is 0 Å². The summed E-state index contributed by atoms with van der Waals surface area (Å²) < 4.78 is 27.6. The number of benzene rings is 1. The molecule has 0 radical (unpaired) electrons. The van der Waals surface area contributed by atoms with E-state index in [9.17, 15) is 8.78 Å². The molecule has 14 heavy (non-hydrogen) atoms. The summed E-state index contributed by atoms with van der Waals surface area (Å²) in [5.74, 6) is -1.71. The quantitative estimate of drug-likeness (QED) is 0.681. The smallest absolute Gasteiger partial charge is 0.182 e. The summed E-state index contributed by atoms with van der Waals surface area (Å²) in [6.45, 7) is 1.79. The van der Waals surface area contributed by atoms with Crippen LogP contribution in [0, 0.1) is 18.6 Å². The van der Waals surface area contributed by atoms with Gasteiger partial charge in [0.2, 0.25) is 0 Å². The SMILES string of the molecule is Cc1cn(-c2cccc(F)c2F)cn1. The lowest BCUT2D eigenvalue weighted by Gasteiger charge is -2.03. The Balaban J connectivity index is 2.57. The number of aryl methyl sites for hydroxylation is 1. The van der Waals surface area contributed by atoms with Gasteiger partial charge < -0.3 is 4.57 Å². The van der Waals surface area contributed by atoms with Crippen molar-refractivity contribution in [1.82, 2.24) is 9.55 Å². The summed E-state index contributed by atoms with van der Waals surface area (Å²) in [6, 6.07) is 4.05. The molecule has 0 saturated carbocycles. The largest absolute Gasteiger partial charge is 0.303 e. The van der Waals surface area contributed by atoms with Crippen molar-refractivity contribution in [3.05, 3.63) is 48.1 Å². The van der Waals surface area contributed by atoms with Crippen LogP contribution in [0.1, 0.15) is 5.69 Å². The van der Waals surface area contributed by atoms with E-state index in [0.717, 1.165) is 11.8 Å². The van der Waals surface area contributed by atoms with E-state index >= 15 is 0 Å². The minimum atomic E-state index is -0.857. The van der Waals surface area contributed by atoms with E-state index in [1.165, 1.54) is 23.0 Å². The molecule has 0 aliphatic heterocycles. The van der Waals surface area contributed by atoms with Crippen LogP contribution in [0.2, 0.25) is 0 Å². The minimum absolute atomic E-state index is 0.172. The molecule has 0 N–H and O–H groups in total. The van der Waals surface area contributed by atoms with Gasteiger partial charge in [0, 0.05) is 6.20 Å². The standard InChI is InChI=1S/C10H8F2N2/c1-7-5-14(6-13-7)9-4-2-3-8(11)10(9)12/h2-6H,1H3. The predicted octanol–water partition coefficient (Wildman–Crippen LogP) is 2.46. The average molecular weight is 194 g/mol.